The van der Waals surface area contributed by atoms with E-state index in [1.807, 2.05) is 0 Å². The van der Waals surface area contributed by atoms with E-state index in [2.05, 4.69) is 20.4 Å². The molecule has 1 saturated heterocycles. The van der Waals surface area contributed by atoms with Crippen molar-refractivity contribution >= 4 is 69.6 Å². The van der Waals surface area contributed by atoms with Gasteiger partial charge in [0.25, 0.3) is 17.0 Å². The molecule has 242 valence electrons. The highest BCUT2D eigenvalue weighted by Gasteiger charge is 2.54. The molecule has 46 heavy (non-hydrogen) atoms. The quantitative estimate of drug-likeness (QED) is 0.0421. The smallest absolute Gasteiger partial charge is 0.504 e. The first-order valence-corrected chi connectivity index (χ1v) is 15.9. The lowest BCUT2D eigenvalue weighted by molar-refractivity contribution is -0.161. The second-order valence-electron chi connectivity index (χ2n) is 10.0. The summed E-state index contributed by atoms with van der Waals surface area (Å²) in [4.78, 5) is 63.9. The van der Waals surface area contributed by atoms with Gasteiger partial charge in [0.15, 0.2) is 28.1 Å². The van der Waals surface area contributed by atoms with Crippen LogP contribution in [0.3, 0.4) is 0 Å². The van der Waals surface area contributed by atoms with Crippen molar-refractivity contribution in [3.63, 3.8) is 0 Å². The number of aromatic nitrogens is 2. The number of β-lactam (4-membered cyclic amide) rings is 1. The Hall–Kier alpha value is -4.95. The summed E-state index contributed by atoms with van der Waals surface area (Å²) in [7, 11) is 0. The van der Waals surface area contributed by atoms with E-state index in [4.69, 9.17) is 19.7 Å². The Kier molecular flexibility index (Phi) is 9.03. The van der Waals surface area contributed by atoms with Crippen molar-refractivity contribution in [2.75, 3.05) is 17.2 Å². The molecule has 3 aromatic rings. The average Bonchev–Trinajstić information content (AvgIpc) is 3.65. The Morgan fingerprint density at radius 3 is 2.67 bits per heavy atom. The number of amides is 2. The third-order valence-corrected chi connectivity index (χ3v) is 9.38. The number of thioether (sulfide) groups is 2. The van der Waals surface area contributed by atoms with Gasteiger partial charge in [-0.05, 0) is 32.0 Å². The summed E-state index contributed by atoms with van der Waals surface area (Å²) in [6.07, 6.45) is -0.233. The van der Waals surface area contributed by atoms with Gasteiger partial charge in [0.1, 0.15) is 17.1 Å². The number of hydrogen-bond acceptors (Lipinski definition) is 16. The lowest BCUT2D eigenvalue weighted by Gasteiger charge is -2.49. The molecule has 2 amide bonds. The van der Waals surface area contributed by atoms with E-state index in [9.17, 15) is 39.6 Å². The minimum Gasteiger partial charge on any atom is -0.504 e. The molecule has 0 unspecified atom stereocenters. The van der Waals surface area contributed by atoms with Gasteiger partial charge in [0.05, 0.1) is 6.20 Å². The van der Waals surface area contributed by atoms with Crippen LogP contribution in [-0.2, 0) is 24.0 Å². The number of carboxylic acid groups (broad SMARTS) is 2. The molecule has 2 atom stereocenters. The van der Waals surface area contributed by atoms with Gasteiger partial charge < -0.3 is 45.5 Å². The van der Waals surface area contributed by atoms with Crippen LogP contribution in [0.1, 0.15) is 19.5 Å². The summed E-state index contributed by atoms with van der Waals surface area (Å²) < 4.78 is 10.7. The summed E-state index contributed by atoms with van der Waals surface area (Å²) in [6, 6.07) is 3.01. The van der Waals surface area contributed by atoms with Crippen molar-refractivity contribution < 1.29 is 53.6 Å². The van der Waals surface area contributed by atoms with E-state index in [0.29, 0.717) is 16.9 Å². The second-order valence-corrected chi connectivity index (χ2v) is 13.0. The number of hydrogen-bond donors (Lipinski definition) is 6. The molecule has 0 aliphatic carbocycles. The van der Waals surface area contributed by atoms with E-state index in [1.165, 1.54) is 55.4 Å². The standard InChI is InChI=1S/C26H24N6O11S3/c1-26(2,22(37)38)43-31-16(12-9-45-23(27)29-12)18(35)30-17-19(36)32-20(42-25(39)40)11(7-44-21(17)32)8-46-24-28-6-15(41-24)10-3-4-13(33)14(34)5-10/h3-6,9,17,21,33-34H,7-8H2,1-2H3,(H2,27,29)(H,30,35)(H,37,38)(H,39,40)/t17-,21+/m1/s1. The molecular formula is C26H24N6O11S3. The number of rotatable bonds is 11. The molecule has 4 heterocycles. The maximum Gasteiger partial charge on any atom is 0.512 e. The van der Waals surface area contributed by atoms with Crippen molar-refractivity contribution in [3.05, 3.63) is 46.9 Å². The number of nitrogen functional groups attached to an aromatic ring is 1. The summed E-state index contributed by atoms with van der Waals surface area (Å²) in [5, 5.41) is 45.2. The molecule has 2 aliphatic heterocycles. The van der Waals surface area contributed by atoms with Crippen molar-refractivity contribution in [3.8, 4) is 22.8 Å². The minimum absolute atomic E-state index is 0.00729. The number of fused-ring (bicyclic) bond motifs is 1. The predicted octanol–water partition coefficient (Wildman–Crippen LogP) is 2.47. The van der Waals surface area contributed by atoms with Gasteiger partial charge >= 0.3 is 12.1 Å². The number of oxime groups is 1. The summed E-state index contributed by atoms with van der Waals surface area (Å²) in [5.74, 6) is -3.10. The topological polar surface area (TPSA) is 260 Å². The van der Waals surface area contributed by atoms with E-state index < -0.39 is 46.7 Å². The van der Waals surface area contributed by atoms with Crippen LogP contribution in [0.5, 0.6) is 11.5 Å². The number of nitrogens with zero attached hydrogens (tertiary/aromatic N) is 4. The summed E-state index contributed by atoms with van der Waals surface area (Å²) in [5.41, 5.74) is 4.37. The van der Waals surface area contributed by atoms with Gasteiger partial charge in [-0.2, -0.15) is 0 Å². The van der Waals surface area contributed by atoms with Crippen LogP contribution < -0.4 is 11.1 Å². The molecule has 0 saturated carbocycles. The Bertz CT molecular complexity index is 1790. The van der Waals surface area contributed by atoms with Crippen LogP contribution in [0.15, 0.2) is 56.0 Å². The Morgan fingerprint density at radius 2 is 2.02 bits per heavy atom. The summed E-state index contributed by atoms with van der Waals surface area (Å²) in [6.45, 7) is 2.45. The number of carbonyl (C=O) groups is 4. The van der Waals surface area contributed by atoms with E-state index >= 15 is 0 Å². The number of thiazole rings is 1. The number of phenolic OH excluding ortho intramolecular Hbond substituents is 2. The van der Waals surface area contributed by atoms with Crippen molar-refractivity contribution in [1.82, 2.24) is 20.2 Å². The van der Waals surface area contributed by atoms with E-state index in [-0.39, 0.29) is 44.9 Å². The SMILES string of the molecule is CC(C)(ON=C(C(=O)N[C@@H]1C(=O)N2C(OC(=O)O)=C(CSc3ncc(-c4ccc(O)c(O)c4)o3)CS[C@@H]12)c1csc(N)n1)C(=O)O. The monoisotopic (exact) mass is 692 g/mol. The molecule has 0 radical (unpaired) electrons. The van der Waals surface area contributed by atoms with Crippen LogP contribution in [0.2, 0.25) is 0 Å². The number of anilines is 1. The maximum absolute atomic E-state index is 13.3. The Morgan fingerprint density at radius 1 is 1.26 bits per heavy atom. The zero-order valence-corrected chi connectivity index (χ0v) is 26.1. The number of phenols is 2. The van der Waals surface area contributed by atoms with Gasteiger partial charge in [0.2, 0.25) is 11.5 Å². The van der Waals surface area contributed by atoms with Crippen LogP contribution in [0, 0.1) is 0 Å². The molecule has 5 rings (SSSR count). The fourth-order valence-corrected chi connectivity index (χ4v) is 6.80. The van der Waals surface area contributed by atoms with Crippen LogP contribution in [-0.4, -0.2) is 93.5 Å². The van der Waals surface area contributed by atoms with Crippen molar-refractivity contribution in [1.29, 1.82) is 0 Å². The van der Waals surface area contributed by atoms with Crippen LogP contribution >= 0.6 is 34.9 Å². The highest BCUT2D eigenvalue weighted by molar-refractivity contribution is 8.01. The molecule has 2 aromatic heterocycles. The van der Waals surface area contributed by atoms with Gasteiger partial charge in [0, 0.05) is 28.0 Å². The first kappa shape index (κ1) is 32.4. The number of nitrogens with one attached hydrogen (secondary N) is 1. The third kappa shape index (κ3) is 6.67. The number of ether oxygens (including phenoxy) is 1. The third-order valence-electron chi connectivity index (χ3n) is 6.44. The number of aromatic hydroxyl groups is 2. The predicted molar refractivity (Wildman–Crippen MR) is 163 cm³/mol. The van der Waals surface area contributed by atoms with E-state index in [1.54, 1.807) is 0 Å². The van der Waals surface area contributed by atoms with Gasteiger partial charge in [-0.15, -0.1) is 23.1 Å². The Balaban J connectivity index is 1.31. The van der Waals surface area contributed by atoms with Crippen LogP contribution in [0.25, 0.3) is 11.3 Å². The number of carbonyl (C=O) groups excluding carboxylic acids is 2. The highest BCUT2D eigenvalue weighted by Crippen LogP contribution is 2.42. The molecule has 1 fully saturated rings. The number of benzene rings is 1. The van der Waals surface area contributed by atoms with Crippen molar-refractivity contribution in [2.45, 2.75) is 36.1 Å². The van der Waals surface area contributed by atoms with E-state index in [0.717, 1.165) is 28.0 Å². The average molecular weight is 693 g/mol. The fraction of sp³-hybridized carbons (Fsp3) is 0.269. The lowest BCUT2D eigenvalue weighted by atomic mass is 10.1. The molecule has 20 heteroatoms. The number of carboxylic acids is 1. The number of aliphatic carboxylic acids is 1. The molecular weight excluding hydrogens is 669 g/mol. The van der Waals surface area contributed by atoms with Gasteiger partial charge in [-0.25, -0.2) is 19.6 Å². The molecule has 1 aromatic carbocycles. The summed E-state index contributed by atoms with van der Waals surface area (Å²) >= 11 is 3.35. The number of oxazole rings is 1. The number of nitrogens with two attached hydrogens (primary N) is 1. The molecule has 7 N–H and O–H groups in total. The molecule has 0 bridgehead atoms. The normalized spacial score (nSPS) is 18.1. The molecule has 2 aliphatic rings. The minimum atomic E-state index is -1.79. The second kappa shape index (κ2) is 12.8. The largest absolute Gasteiger partial charge is 0.512 e. The zero-order valence-electron chi connectivity index (χ0n) is 23.7. The molecule has 0 spiro atoms. The first-order chi connectivity index (χ1) is 21.7. The van der Waals surface area contributed by atoms with Gasteiger partial charge in [-0.3, -0.25) is 14.5 Å². The van der Waals surface area contributed by atoms with Crippen molar-refractivity contribution in [2.24, 2.45) is 5.16 Å². The first-order valence-electron chi connectivity index (χ1n) is 13.0. The Labute approximate surface area is 271 Å². The van der Waals surface area contributed by atoms with Crippen LogP contribution in [0.4, 0.5) is 9.93 Å². The fourth-order valence-electron chi connectivity index (χ4n) is 4.00. The molecule has 17 nitrogen and oxygen atoms in total. The highest BCUT2D eigenvalue weighted by atomic mass is 32.2. The van der Waals surface area contributed by atoms with Gasteiger partial charge in [-0.1, -0.05) is 16.9 Å². The lowest BCUT2D eigenvalue weighted by Crippen LogP contribution is -2.70. The zero-order chi connectivity index (χ0) is 33.3. The maximum atomic E-state index is 13.3.